The summed E-state index contributed by atoms with van der Waals surface area (Å²) in [7, 11) is 1.51. The van der Waals surface area contributed by atoms with E-state index in [-0.39, 0.29) is 19.1 Å². The Bertz CT molecular complexity index is 1710. The van der Waals surface area contributed by atoms with Crippen molar-refractivity contribution in [1.82, 2.24) is 5.32 Å². The van der Waals surface area contributed by atoms with Crippen LogP contribution in [0.2, 0.25) is 0 Å². The molecule has 0 aromatic carbocycles. The first kappa shape index (κ1) is 73.6. The van der Waals surface area contributed by atoms with Crippen LogP contribution in [0.1, 0.15) is 239 Å². The molecule has 440 valence electrons. The Morgan fingerprint density at radius 1 is 0.455 bits per heavy atom. The van der Waals surface area contributed by atoms with Crippen LogP contribution in [0.25, 0.3) is 0 Å². The Kier molecular flexibility index (Phi) is 54.8. The minimum Gasteiger partial charge on any atom is -0.387 e. The van der Waals surface area contributed by atoms with Crippen molar-refractivity contribution in [3.05, 3.63) is 134 Å². The van der Waals surface area contributed by atoms with E-state index in [4.69, 9.17) is 9.05 Å². The van der Waals surface area contributed by atoms with E-state index in [0.29, 0.717) is 23.9 Å². The number of hydrogen-bond acceptors (Lipinski definition) is 5. The number of nitrogens with one attached hydrogen (secondary N) is 1. The number of unbranched alkanes of at least 4 members (excludes halogenated alkanes) is 22. The molecule has 0 rings (SSSR count). The van der Waals surface area contributed by atoms with Gasteiger partial charge in [-0.05, 0) is 103 Å². The fraction of sp³-hybridized carbons (Fsp3) is 0.662. The van der Waals surface area contributed by atoms with Crippen molar-refractivity contribution in [3.63, 3.8) is 0 Å². The fourth-order valence-corrected chi connectivity index (χ4v) is 9.02. The number of likely N-dealkylation sites (N-methyl/N-ethyl adjacent to an activating group) is 1. The summed E-state index contributed by atoms with van der Waals surface area (Å²) in [5.74, 6) is -0.223. The number of nitrogens with zero attached hydrogens (tertiary/aromatic N) is 1. The summed E-state index contributed by atoms with van der Waals surface area (Å²) in [6.07, 6.45) is 87.1. The smallest absolute Gasteiger partial charge is 0.387 e. The Hall–Kier alpha value is -3.36. The van der Waals surface area contributed by atoms with Gasteiger partial charge in [-0.2, -0.15) is 0 Å². The largest absolute Gasteiger partial charge is 0.472 e. The molecule has 0 spiro atoms. The maximum Gasteiger partial charge on any atom is 0.472 e. The van der Waals surface area contributed by atoms with E-state index in [1.807, 2.05) is 27.2 Å². The molecule has 0 aliphatic carbocycles. The van der Waals surface area contributed by atoms with Crippen molar-refractivity contribution < 1.29 is 32.9 Å². The number of phosphoric acid groups is 1. The van der Waals surface area contributed by atoms with Crippen LogP contribution in [0.5, 0.6) is 0 Å². The summed E-state index contributed by atoms with van der Waals surface area (Å²) in [5, 5.41) is 13.9. The molecule has 9 heteroatoms. The van der Waals surface area contributed by atoms with Gasteiger partial charge in [0.2, 0.25) is 5.91 Å². The average Bonchev–Trinajstić information content (AvgIpc) is 3.39. The van der Waals surface area contributed by atoms with Gasteiger partial charge >= 0.3 is 7.82 Å². The van der Waals surface area contributed by atoms with Crippen LogP contribution in [-0.4, -0.2) is 73.4 Å². The number of phosphoric ester groups is 1. The number of amides is 1. The van der Waals surface area contributed by atoms with Crippen molar-refractivity contribution in [3.8, 4) is 0 Å². The molecule has 0 saturated heterocycles. The van der Waals surface area contributed by atoms with Crippen molar-refractivity contribution >= 4 is 13.7 Å². The first-order valence-corrected chi connectivity index (χ1v) is 32.6. The van der Waals surface area contributed by atoms with Crippen LogP contribution in [-0.2, 0) is 18.4 Å². The second kappa shape index (κ2) is 57.3. The van der Waals surface area contributed by atoms with Crippen LogP contribution in [0.15, 0.2) is 134 Å². The number of quaternary nitrogens is 1. The Labute approximate surface area is 475 Å². The van der Waals surface area contributed by atoms with Gasteiger partial charge in [0.15, 0.2) is 0 Å². The number of carbonyl (C=O) groups is 1. The van der Waals surface area contributed by atoms with E-state index >= 15 is 0 Å². The number of allylic oxidation sites excluding steroid dienone is 21. The molecule has 0 aliphatic rings. The van der Waals surface area contributed by atoms with Crippen molar-refractivity contribution in [2.24, 2.45) is 0 Å². The van der Waals surface area contributed by atoms with Crippen LogP contribution < -0.4 is 5.32 Å². The standard InChI is InChI=1S/C68H117N2O6P/c1-6-8-10-12-14-16-18-20-22-24-26-28-30-32-33-34-35-36-37-38-40-42-44-46-48-50-52-54-56-58-60-62-68(72)69-66(65-76-77(73,74)75-64-63-70(3,4)5)67(71)61-59-57-55-53-51-49-47-45-43-41-39-31-29-27-25-23-21-19-17-15-13-11-9-7-2/h8,10,14,16,20,22,26,28,32-33,35-36,38,40,44,46,50-53,59,61,66-67,71H,6-7,9,11-13,15,17-19,21,23-25,27,29-31,34,37,39,41-43,45,47-49,54-58,60,62-65H2,1-5H3,(H-,69,72,73,74)/p+1/b10-8-,16-14-,22-20-,28-26-,33-32-,36-35-,40-38-,46-44-,52-50-,53-51+,61-59+. The lowest BCUT2D eigenvalue weighted by Crippen LogP contribution is -2.45. The Morgan fingerprint density at radius 3 is 1.19 bits per heavy atom. The zero-order valence-corrected chi connectivity index (χ0v) is 51.0. The maximum atomic E-state index is 13.0. The lowest BCUT2D eigenvalue weighted by atomic mass is 10.0. The predicted octanol–water partition coefficient (Wildman–Crippen LogP) is 19.5. The first-order chi connectivity index (χ1) is 37.5. The van der Waals surface area contributed by atoms with Crippen LogP contribution in [0.3, 0.4) is 0 Å². The Morgan fingerprint density at radius 2 is 0.792 bits per heavy atom. The average molecular weight is 1090 g/mol. The van der Waals surface area contributed by atoms with E-state index < -0.39 is 20.0 Å². The van der Waals surface area contributed by atoms with E-state index in [0.717, 1.165) is 96.3 Å². The molecule has 0 aromatic rings. The third-order valence-electron chi connectivity index (χ3n) is 13.1. The van der Waals surface area contributed by atoms with E-state index in [2.05, 4.69) is 141 Å². The van der Waals surface area contributed by atoms with E-state index in [1.54, 1.807) is 6.08 Å². The summed E-state index contributed by atoms with van der Waals surface area (Å²) < 4.78 is 23.7. The molecule has 0 heterocycles. The highest BCUT2D eigenvalue weighted by Crippen LogP contribution is 2.43. The van der Waals surface area contributed by atoms with Gasteiger partial charge < -0.3 is 19.8 Å². The van der Waals surface area contributed by atoms with Crippen LogP contribution in [0.4, 0.5) is 0 Å². The number of rotatable bonds is 55. The summed E-state index contributed by atoms with van der Waals surface area (Å²) in [6, 6.07) is -0.893. The summed E-state index contributed by atoms with van der Waals surface area (Å²) in [6.45, 7) is 4.65. The zero-order valence-electron chi connectivity index (χ0n) is 50.1. The molecule has 1 amide bonds. The van der Waals surface area contributed by atoms with Gasteiger partial charge in [-0.15, -0.1) is 0 Å². The minimum absolute atomic E-state index is 0.0418. The molecular formula is C68H118N2O6P+. The maximum absolute atomic E-state index is 13.0. The lowest BCUT2D eigenvalue weighted by molar-refractivity contribution is -0.870. The second-order valence-corrected chi connectivity index (χ2v) is 23.1. The van der Waals surface area contributed by atoms with Gasteiger partial charge in [0.25, 0.3) is 0 Å². The number of carbonyl (C=O) groups excluding carboxylic acids is 1. The molecule has 0 bridgehead atoms. The molecule has 77 heavy (non-hydrogen) atoms. The number of aliphatic hydroxyl groups is 1. The molecule has 8 nitrogen and oxygen atoms in total. The molecule has 0 radical (unpaired) electrons. The summed E-state index contributed by atoms with van der Waals surface area (Å²) >= 11 is 0. The molecule has 0 saturated carbocycles. The molecule has 3 N–H and O–H groups in total. The number of aliphatic hydroxyl groups excluding tert-OH is 1. The highest BCUT2D eigenvalue weighted by molar-refractivity contribution is 7.47. The molecular weight excluding hydrogens is 972 g/mol. The van der Waals surface area contributed by atoms with E-state index in [1.165, 1.54) is 116 Å². The minimum atomic E-state index is -4.38. The van der Waals surface area contributed by atoms with Crippen molar-refractivity contribution in [2.45, 2.75) is 251 Å². The highest BCUT2D eigenvalue weighted by Gasteiger charge is 2.27. The lowest BCUT2D eigenvalue weighted by Gasteiger charge is -2.25. The predicted molar refractivity (Wildman–Crippen MR) is 336 cm³/mol. The van der Waals surface area contributed by atoms with Crippen LogP contribution >= 0.6 is 7.82 Å². The molecule has 0 aromatic heterocycles. The molecule has 3 unspecified atom stereocenters. The van der Waals surface area contributed by atoms with Crippen molar-refractivity contribution in [1.29, 1.82) is 0 Å². The number of hydrogen-bond donors (Lipinski definition) is 3. The van der Waals surface area contributed by atoms with Gasteiger partial charge in [-0.1, -0.05) is 263 Å². The van der Waals surface area contributed by atoms with Gasteiger partial charge in [0.1, 0.15) is 13.2 Å². The normalized spacial score (nSPS) is 14.7. The third-order valence-corrected chi connectivity index (χ3v) is 14.1. The third kappa shape index (κ3) is 60.1. The molecule has 3 atom stereocenters. The molecule has 0 fully saturated rings. The monoisotopic (exact) mass is 1090 g/mol. The SMILES string of the molecule is CC/C=C\C/C=C\C/C=C\C/C=C\C/C=C\C/C=C\C/C=C\C/C=C\C/C=C\CCCCCC(=O)NC(COP(=O)(O)OCC[N+](C)(C)C)C(O)/C=C/CC/C=C/CCCCCCCCCCCCCCCCCCCC. The van der Waals surface area contributed by atoms with E-state index in [9.17, 15) is 19.4 Å². The zero-order chi connectivity index (χ0) is 56.3. The van der Waals surface area contributed by atoms with Gasteiger partial charge in [0.05, 0.1) is 39.9 Å². The fourth-order valence-electron chi connectivity index (χ4n) is 8.29. The first-order valence-electron chi connectivity index (χ1n) is 31.1. The second-order valence-electron chi connectivity index (χ2n) is 21.7. The van der Waals surface area contributed by atoms with Crippen molar-refractivity contribution in [2.75, 3.05) is 40.9 Å². The summed E-state index contributed by atoms with van der Waals surface area (Å²) in [5.41, 5.74) is 0. The topological polar surface area (TPSA) is 105 Å². The highest BCUT2D eigenvalue weighted by atomic mass is 31.2. The van der Waals surface area contributed by atoms with Gasteiger partial charge in [-0.3, -0.25) is 13.8 Å². The van der Waals surface area contributed by atoms with Gasteiger partial charge in [-0.25, -0.2) is 4.57 Å². The van der Waals surface area contributed by atoms with Crippen LogP contribution in [0, 0.1) is 0 Å². The Balaban J connectivity index is 4.34. The molecule has 0 aliphatic heterocycles. The summed E-state index contributed by atoms with van der Waals surface area (Å²) in [4.78, 5) is 23.3. The van der Waals surface area contributed by atoms with Gasteiger partial charge in [0, 0.05) is 6.42 Å². The quantitative estimate of drug-likeness (QED) is 0.0243.